The molecule has 21 heavy (non-hydrogen) atoms. The quantitative estimate of drug-likeness (QED) is 0.663. The number of non-ortho nitro benzene ring substituents is 1. The van der Waals surface area contributed by atoms with E-state index < -0.39 is 10.5 Å². The van der Waals surface area contributed by atoms with Gasteiger partial charge < -0.3 is 14.8 Å². The van der Waals surface area contributed by atoms with Crippen LogP contribution in [0.2, 0.25) is 0 Å². The second kappa shape index (κ2) is 5.33. The monoisotopic (exact) mass is 291 g/mol. The summed E-state index contributed by atoms with van der Waals surface area (Å²) in [6.45, 7) is -0.00613. The Balaban J connectivity index is 1.94. The summed E-state index contributed by atoms with van der Waals surface area (Å²) in [5, 5.41) is 23.8. The molecular weight excluding hydrogens is 274 g/mol. The van der Waals surface area contributed by atoms with Crippen molar-refractivity contribution in [2.24, 2.45) is 0 Å². The minimum Gasteiger partial charge on any atom is -0.423 e. The molecule has 1 aromatic carbocycles. The number of aromatic nitrogens is 1. The lowest BCUT2D eigenvalue weighted by Crippen LogP contribution is -2.43. The van der Waals surface area contributed by atoms with Gasteiger partial charge in [0.05, 0.1) is 17.1 Å². The third-order valence-electron chi connectivity index (χ3n) is 4.08. The highest BCUT2D eigenvalue weighted by Gasteiger charge is 2.33. The summed E-state index contributed by atoms with van der Waals surface area (Å²) in [5.74, 6) is 0. The van der Waals surface area contributed by atoms with E-state index in [2.05, 4.69) is 10.3 Å². The molecule has 7 nitrogen and oxygen atoms in total. The Labute approximate surface area is 121 Å². The van der Waals surface area contributed by atoms with E-state index in [4.69, 9.17) is 4.42 Å². The molecule has 0 radical (unpaired) electrons. The van der Waals surface area contributed by atoms with Crippen LogP contribution in [0, 0.1) is 10.1 Å². The van der Waals surface area contributed by atoms with Crippen molar-refractivity contribution < 1.29 is 14.4 Å². The molecule has 1 fully saturated rings. The van der Waals surface area contributed by atoms with E-state index in [1.807, 2.05) is 0 Å². The van der Waals surface area contributed by atoms with Gasteiger partial charge in [0.25, 0.3) is 11.7 Å². The summed E-state index contributed by atoms with van der Waals surface area (Å²) in [6.07, 6.45) is 4.90. The zero-order chi connectivity index (χ0) is 14.9. The average molecular weight is 291 g/mol. The highest BCUT2D eigenvalue weighted by molar-refractivity contribution is 5.84. The van der Waals surface area contributed by atoms with Crippen molar-refractivity contribution >= 4 is 22.8 Å². The van der Waals surface area contributed by atoms with E-state index in [-0.39, 0.29) is 23.8 Å². The summed E-state index contributed by atoms with van der Waals surface area (Å²) in [4.78, 5) is 14.7. The number of oxazole rings is 1. The second-order valence-corrected chi connectivity index (χ2v) is 5.52. The molecular formula is C14H17N3O4. The number of nitrogens with one attached hydrogen (secondary N) is 1. The highest BCUT2D eigenvalue weighted by Crippen LogP contribution is 2.33. The number of nitro benzene ring substituents is 1. The molecule has 0 saturated heterocycles. The van der Waals surface area contributed by atoms with Gasteiger partial charge in [-0.15, -0.1) is 0 Å². The molecule has 3 rings (SSSR count). The first-order valence-corrected chi connectivity index (χ1v) is 7.07. The molecule has 112 valence electrons. The molecule has 2 N–H and O–H groups in total. The van der Waals surface area contributed by atoms with Gasteiger partial charge in [-0.05, 0) is 18.9 Å². The summed E-state index contributed by atoms with van der Waals surface area (Å²) >= 11 is 0. The van der Waals surface area contributed by atoms with Gasteiger partial charge in [0, 0.05) is 6.07 Å². The van der Waals surface area contributed by atoms with Gasteiger partial charge in [-0.3, -0.25) is 10.1 Å². The first-order chi connectivity index (χ1) is 10.1. The zero-order valence-corrected chi connectivity index (χ0v) is 11.5. The molecule has 1 saturated carbocycles. The van der Waals surface area contributed by atoms with Crippen LogP contribution in [-0.2, 0) is 0 Å². The van der Waals surface area contributed by atoms with Crippen molar-refractivity contribution in [2.75, 3.05) is 11.9 Å². The number of fused-ring (bicyclic) bond motifs is 1. The van der Waals surface area contributed by atoms with Crippen LogP contribution in [0.4, 0.5) is 11.7 Å². The van der Waals surface area contributed by atoms with Crippen LogP contribution in [0.1, 0.15) is 32.1 Å². The number of aliphatic hydroxyl groups excluding tert-OH is 1. The lowest BCUT2D eigenvalue weighted by atomic mass is 9.82. The average Bonchev–Trinajstić information content (AvgIpc) is 2.89. The van der Waals surface area contributed by atoms with Gasteiger partial charge in [0.1, 0.15) is 0 Å². The van der Waals surface area contributed by atoms with Crippen molar-refractivity contribution in [3.8, 4) is 0 Å². The molecule has 0 spiro atoms. The highest BCUT2D eigenvalue weighted by atomic mass is 16.6. The van der Waals surface area contributed by atoms with Gasteiger partial charge in [-0.1, -0.05) is 25.3 Å². The lowest BCUT2D eigenvalue weighted by molar-refractivity contribution is -0.383. The molecule has 1 aliphatic rings. The van der Waals surface area contributed by atoms with Gasteiger partial charge >= 0.3 is 0 Å². The summed E-state index contributed by atoms with van der Waals surface area (Å²) in [6, 6.07) is 4.84. The van der Waals surface area contributed by atoms with Crippen molar-refractivity contribution in [3.63, 3.8) is 0 Å². The fraction of sp³-hybridized carbons (Fsp3) is 0.500. The molecule has 1 aromatic heterocycles. The van der Waals surface area contributed by atoms with Crippen molar-refractivity contribution in [3.05, 3.63) is 28.3 Å². The van der Waals surface area contributed by atoms with E-state index >= 15 is 0 Å². The maximum atomic E-state index is 11.0. The molecule has 2 aromatic rings. The molecule has 0 aliphatic heterocycles. The predicted octanol–water partition coefficient (Wildman–Crippen LogP) is 2.84. The summed E-state index contributed by atoms with van der Waals surface area (Å²) < 4.78 is 5.55. The van der Waals surface area contributed by atoms with E-state index in [1.54, 1.807) is 12.1 Å². The number of anilines is 1. The Morgan fingerprint density at radius 3 is 2.81 bits per heavy atom. The molecule has 0 unspecified atom stereocenters. The minimum absolute atomic E-state index is 0.00613. The Morgan fingerprint density at radius 1 is 1.38 bits per heavy atom. The molecule has 1 aliphatic carbocycles. The Hall–Kier alpha value is -2.15. The fourth-order valence-corrected chi connectivity index (χ4v) is 2.91. The number of hydrogen-bond acceptors (Lipinski definition) is 6. The number of benzene rings is 1. The first-order valence-electron chi connectivity index (χ1n) is 7.07. The summed E-state index contributed by atoms with van der Waals surface area (Å²) in [7, 11) is 0. The van der Waals surface area contributed by atoms with Gasteiger partial charge in [0.2, 0.25) is 0 Å². The van der Waals surface area contributed by atoms with Crippen LogP contribution >= 0.6 is 0 Å². The lowest BCUT2D eigenvalue weighted by Gasteiger charge is -2.35. The maximum Gasteiger partial charge on any atom is 0.298 e. The van der Waals surface area contributed by atoms with E-state index in [0.29, 0.717) is 5.58 Å². The van der Waals surface area contributed by atoms with Crippen LogP contribution in [0.5, 0.6) is 0 Å². The minimum atomic E-state index is -0.475. The van der Waals surface area contributed by atoms with Crippen LogP contribution in [0.25, 0.3) is 11.1 Å². The molecule has 0 atom stereocenters. The summed E-state index contributed by atoms with van der Waals surface area (Å²) in [5.41, 5.74) is 0.0870. The number of nitrogens with zero attached hydrogens (tertiary/aromatic N) is 2. The Bertz CT molecular complexity index is 661. The maximum absolute atomic E-state index is 11.0. The Kier molecular flexibility index (Phi) is 3.50. The number of rotatable bonds is 4. The standard InChI is InChI=1S/C14H17N3O4/c18-9-14(7-2-1-3-8-14)16-13-15-12-10(17(19)20)5-4-6-11(12)21-13/h4-6,18H,1-3,7-9H2,(H,15,16). The number of nitro groups is 1. The largest absolute Gasteiger partial charge is 0.423 e. The van der Waals surface area contributed by atoms with Gasteiger partial charge in [-0.25, -0.2) is 0 Å². The zero-order valence-electron chi connectivity index (χ0n) is 11.5. The smallest absolute Gasteiger partial charge is 0.298 e. The first kappa shape index (κ1) is 13.8. The van der Waals surface area contributed by atoms with Gasteiger partial charge in [0.15, 0.2) is 11.1 Å². The van der Waals surface area contributed by atoms with E-state index in [9.17, 15) is 15.2 Å². The molecule has 1 heterocycles. The number of hydrogen-bond donors (Lipinski definition) is 2. The van der Waals surface area contributed by atoms with Crippen molar-refractivity contribution in [1.82, 2.24) is 4.98 Å². The van der Waals surface area contributed by atoms with E-state index in [1.165, 1.54) is 6.07 Å². The van der Waals surface area contributed by atoms with Crippen LogP contribution < -0.4 is 5.32 Å². The van der Waals surface area contributed by atoms with Crippen LogP contribution in [0.3, 0.4) is 0 Å². The third-order valence-corrected chi connectivity index (χ3v) is 4.08. The second-order valence-electron chi connectivity index (χ2n) is 5.52. The molecule has 7 heteroatoms. The SMILES string of the molecule is O=[N+]([O-])c1cccc2oc(NC3(CO)CCCCC3)nc12. The topological polar surface area (TPSA) is 101 Å². The molecule has 0 bridgehead atoms. The van der Waals surface area contributed by atoms with Crippen LogP contribution in [0.15, 0.2) is 22.6 Å². The van der Waals surface area contributed by atoms with Crippen molar-refractivity contribution in [2.45, 2.75) is 37.6 Å². The van der Waals surface area contributed by atoms with Crippen molar-refractivity contribution in [1.29, 1.82) is 0 Å². The number of aliphatic hydroxyl groups is 1. The number of para-hydroxylation sites is 1. The van der Waals surface area contributed by atoms with Crippen LogP contribution in [-0.4, -0.2) is 27.2 Å². The normalized spacial score (nSPS) is 17.8. The van der Waals surface area contributed by atoms with E-state index in [0.717, 1.165) is 32.1 Å². The molecule has 0 amide bonds. The Morgan fingerprint density at radius 2 is 2.14 bits per heavy atom. The fourth-order valence-electron chi connectivity index (χ4n) is 2.91. The predicted molar refractivity (Wildman–Crippen MR) is 77.2 cm³/mol. The van der Waals surface area contributed by atoms with Gasteiger partial charge in [-0.2, -0.15) is 4.98 Å². The third kappa shape index (κ3) is 2.56.